The molecule has 0 aliphatic heterocycles. The van der Waals surface area contributed by atoms with Crippen molar-refractivity contribution in [3.05, 3.63) is 63.5 Å². The summed E-state index contributed by atoms with van der Waals surface area (Å²) in [5.74, 6) is -1.92. The van der Waals surface area contributed by atoms with Gasteiger partial charge in [-0.15, -0.1) is 0 Å². The molecule has 0 bridgehead atoms. The average molecular weight is 312 g/mol. The summed E-state index contributed by atoms with van der Waals surface area (Å²) in [4.78, 5) is 21.5. The monoisotopic (exact) mass is 312 g/mol. The summed E-state index contributed by atoms with van der Waals surface area (Å²) in [6, 6.07) is 6.69. The van der Waals surface area contributed by atoms with Crippen molar-refractivity contribution in [2.45, 2.75) is 19.6 Å². The number of Topliss-reactive ketones (excluding diaryl/α,β-unsaturated/α-hetero) is 1. The topological polar surface area (TPSA) is 65.1 Å². The van der Waals surface area contributed by atoms with Crippen molar-refractivity contribution in [2.24, 2.45) is 0 Å². The molecule has 0 saturated heterocycles. The summed E-state index contributed by atoms with van der Waals surface area (Å²) >= 11 is 0. The third kappa shape index (κ3) is 3.16. The number of rotatable bonds is 4. The normalized spacial score (nSPS) is 11.5. The van der Waals surface area contributed by atoms with E-state index in [1.165, 1.54) is 30.5 Å². The van der Waals surface area contributed by atoms with Crippen LogP contribution in [0.15, 0.2) is 36.5 Å². The first-order chi connectivity index (χ1) is 10.2. The fourth-order valence-corrected chi connectivity index (χ4v) is 2.12. The SMILES string of the molecule is Cc1cc(Cn2cccc2C(=O)C(F)(F)F)ccc1[N+](=O)[O-]. The summed E-state index contributed by atoms with van der Waals surface area (Å²) in [7, 11) is 0. The van der Waals surface area contributed by atoms with Gasteiger partial charge in [0.05, 0.1) is 10.6 Å². The summed E-state index contributed by atoms with van der Waals surface area (Å²) in [6.45, 7) is 1.56. The van der Waals surface area contributed by atoms with Gasteiger partial charge >= 0.3 is 6.18 Å². The maximum Gasteiger partial charge on any atom is 0.456 e. The molecule has 1 aromatic heterocycles. The smallest absolute Gasteiger partial charge is 0.340 e. The minimum absolute atomic E-state index is 0.0169. The van der Waals surface area contributed by atoms with E-state index in [0.29, 0.717) is 11.1 Å². The van der Waals surface area contributed by atoms with Crippen molar-refractivity contribution in [3.63, 3.8) is 0 Å². The average Bonchev–Trinajstić information content (AvgIpc) is 2.84. The van der Waals surface area contributed by atoms with Crippen molar-refractivity contribution >= 4 is 11.5 Å². The molecular formula is C14H11F3N2O3. The van der Waals surface area contributed by atoms with Gasteiger partial charge in [0, 0.05) is 24.4 Å². The molecule has 0 saturated carbocycles. The van der Waals surface area contributed by atoms with Gasteiger partial charge in [-0.1, -0.05) is 6.07 Å². The lowest BCUT2D eigenvalue weighted by Crippen LogP contribution is -2.25. The standard InChI is InChI=1S/C14H11F3N2O3/c1-9-7-10(4-5-11(9)19(21)22)8-18-6-2-3-12(18)13(20)14(15,16)17/h2-7H,8H2,1H3. The van der Waals surface area contributed by atoms with E-state index in [1.54, 1.807) is 6.92 Å². The van der Waals surface area contributed by atoms with Crippen molar-refractivity contribution in [1.29, 1.82) is 0 Å². The second-order valence-corrected chi connectivity index (χ2v) is 4.73. The van der Waals surface area contributed by atoms with Crippen LogP contribution in [-0.4, -0.2) is 21.4 Å². The Bertz CT molecular complexity index is 735. The van der Waals surface area contributed by atoms with Crippen LogP contribution < -0.4 is 0 Å². The zero-order valence-corrected chi connectivity index (χ0v) is 11.4. The van der Waals surface area contributed by atoms with Crippen LogP contribution in [0.4, 0.5) is 18.9 Å². The van der Waals surface area contributed by atoms with E-state index in [9.17, 15) is 28.1 Å². The Labute approximate surface area is 123 Å². The maximum atomic E-state index is 12.5. The van der Waals surface area contributed by atoms with Crippen molar-refractivity contribution < 1.29 is 22.9 Å². The fourth-order valence-electron chi connectivity index (χ4n) is 2.12. The Balaban J connectivity index is 2.30. The molecule has 0 radical (unpaired) electrons. The Morgan fingerprint density at radius 2 is 2.00 bits per heavy atom. The van der Waals surface area contributed by atoms with Crippen LogP contribution in [-0.2, 0) is 6.54 Å². The Morgan fingerprint density at radius 3 is 2.55 bits per heavy atom. The predicted octanol–water partition coefficient (Wildman–Crippen LogP) is 3.50. The number of aromatic nitrogens is 1. The molecule has 0 aliphatic rings. The summed E-state index contributed by atoms with van der Waals surface area (Å²) in [5.41, 5.74) is 0.431. The van der Waals surface area contributed by atoms with Crippen molar-refractivity contribution in [1.82, 2.24) is 4.57 Å². The number of carbonyl (C=O) groups is 1. The molecule has 0 N–H and O–H groups in total. The molecule has 2 aromatic rings. The van der Waals surface area contributed by atoms with Crippen LogP contribution in [0.3, 0.4) is 0 Å². The second kappa shape index (κ2) is 5.63. The molecular weight excluding hydrogens is 301 g/mol. The minimum atomic E-state index is -4.94. The fraction of sp³-hybridized carbons (Fsp3) is 0.214. The second-order valence-electron chi connectivity index (χ2n) is 4.73. The van der Waals surface area contributed by atoms with E-state index in [2.05, 4.69) is 0 Å². The van der Waals surface area contributed by atoms with Crippen molar-refractivity contribution in [2.75, 3.05) is 0 Å². The van der Waals surface area contributed by atoms with E-state index in [-0.39, 0.29) is 12.2 Å². The van der Waals surface area contributed by atoms with Gasteiger partial charge in [0.25, 0.3) is 11.5 Å². The number of benzene rings is 1. The lowest BCUT2D eigenvalue weighted by atomic mass is 10.1. The number of carbonyl (C=O) groups excluding carboxylic acids is 1. The van der Waals surface area contributed by atoms with Gasteiger partial charge in [0.2, 0.25) is 0 Å². The molecule has 0 aliphatic carbocycles. The summed E-state index contributed by atoms with van der Waals surface area (Å²) in [5, 5.41) is 10.7. The Morgan fingerprint density at radius 1 is 1.32 bits per heavy atom. The van der Waals surface area contributed by atoms with Gasteiger partial charge in [-0.05, 0) is 30.7 Å². The van der Waals surface area contributed by atoms with Gasteiger partial charge in [-0.25, -0.2) is 0 Å². The lowest BCUT2D eigenvalue weighted by molar-refractivity contribution is -0.385. The van der Waals surface area contributed by atoms with Crippen LogP contribution >= 0.6 is 0 Å². The Hall–Kier alpha value is -2.64. The zero-order valence-electron chi connectivity index (χ0n) is 11.4. The highest BCUT2D eigenvalue weighted by Gasteiger charge is 2.40. The number of hydrogen-bond donors (Lipinski definition) is 0. The number of aryl methyl sites for hydroxylation is 1. The van der Waals surface area contributed by atoms with E-state index >= 15 is 0 Å². The first-order valence-corrected chi connectivity index (χ1v) is 6.20. The predicted molar refractivity (Wildman–Crippen MR) is 71.8 cm³/mol. The third-order valence-corrected chi connectivity index (χ3v) is 3.13. The number of nitrogens with zero attached hydrogens (tertiary/aromatic N) is 2. The number of alkyl halides is 3. The van der Waals surface area contributed by atoms with E-state index in [1.807, 2.05) is 0 Å². The quantitative estimate of drug-likeness (QED) is 0.493. The van der Waals surface area contributed by atoms with Gasteiger partial charge in [-0.2, -0.15) is 13.2 Å². The largest absolute Gasteiger partial charge is 0.456 e. The van der Waals surface area contributed by atoms with E-state index in [0.717, 1.165) is 10.6 Å². The summed E-state index contributed by atoms with van der Waals surface area (Å²) < 4.78 is 38.7. The molecule has 0 spiro atoms. The minimum Gasteiger partial charge on any atom is -0.340 e. The number of ketones is 1. The lowest BCUT2D eigenvalue weighted by Gasteiger charge is -2.11. The molecule has 0 unspecified atom stereocenters. The van der Waals surface area contributed by atoms with Gasteiger partial charge in [0.1, 0.15) is 0 Å². The summed E-state index contributed by atoms with van der Waals surface area (Å²) in [6.07, 6.45) is -3.59. The van der Waals surface area contributed by atoms with Crippen LogP contribution in [0, 0.1) is 17.0 Å². The molecule has 0 amide bonds. The van der Waals surface area contributed by atoms with Crippen molar-refractivity contribution in [3.8, 4) is 0 Å². The molecule has 116 valence electrons. The highest BCUT2D eigenvalue weighted by molar-refractivity contribution is 5.99. The van der Waals surface area contributed by atoms with Crippen LogP contribution in [0.5, 0.6) is 0 Å². The Kier molecular flexibility index (Phi) is 4.03. The molecule has 1 aromatic carbocycles. The molecule has 22 heavy (non-hydrogen) atoms. The van der Waals surface area contributed by atoms with E-state index < -0.39 is 22.6 Å². The molecule has 0 fully saturated rings. The van der Waals surface area contributed by atoms with Crippen LogP contribution in [0.1, 0.15) is 21.6 Å². The number of nitro benzene ring substituents is 1. The molecule has 2 rings (SSSR count). The third-order valence-electron chi connectivity index (χ3n) is 3.13. The number of halogens is 3. The number of nitro groups is 1. The number of hydrogen-bond acceptors (Lipinski definition) is 3. The maximum absolute atomic E-state index is 12.5. The first-order valence-electron chi connectivity index (χ1n) is 6.20. The highest BCUT2D eigenvalue weighted by Crippen LogP contribution is 2.23. The molecule has 1 heterocycles. The highest BCUT2D eigenvalue weighted by atomic mass is 19.4. The zero-order chi connectivity index (χ0) is 16.5. The molecule has 8 heteroatoms. The van der Waals surface area contributed by atoms with Crippen LogP contribution in [0.2, 0.25) is 0 Å². The van der Waals surface area contributed by atoms with Gasteiger partial charge in [-0.3, -0.25) is 14.9 Å². The molecule has 0 atom stereocenters. The molecule has 5 nitrogen and oxygen atoms in total. The van der Waals surface area contributed by atoms with E-state index in [4.69, 9.17) is 0 Å². The first kappa shape index (κ1) is 15.7. The van der Waals surface area contributed by atoms with Crippen LogP contribution in [0.25, 0.3) is 0 Å². The van der Waals surface area contributed by atoms with Gasteiger partial charge < -0.3 is 4.57 Å². The van der Waals surface area contributed by atoms with Gasteiger partial charge in [0.15, 0.2) is 0 Å².